The minimum atomic E-state index is -1.36. The highest BCUT2D eigenvalue weighted by Gasteiger charge is 2.22. The van der Waals surface area contributed by atoms with E-state index in [-0.39, 0.29) is 12.4 Å². The molecule has 17 heavy (non-hydrogen) atoms. The maximum absolute atomic E-state index is 11.4. The molecular formula is C13H14O4. The Morgan fingerprint density at radius 2 is 2.24 bits per heavy atom. The number of carbonyl (C=O) groups excluding carboxylic acids is 1. The Hall–Kier alpha value is -1.81. The van der Waals surface area contributed by atoms with Crippen LogP contribution in [0.15, 0.2) is 28.7 Å². The van der Waals surface area contributed by atoms with Crippen LogP contribution in [0.2, 0.25) is 0 Å². The number of rotatable bonds is 3. The first kappa shape index (κ1) is 11.7. The number of furan rings is 1. The summed E-state index contributed by atoms with van der Waals surface area (Å²) in [7, 11) is 0. The molecule has 1 N–H and O–H groups in total. The predicted octanol–water partition coefficient (Wildman–Crippen LogP) is 2.34. The van der Waals surface area contributed by atoms with E-state index in [0.717, 1.165) is 10.9 Å². The molecule has 0 spiro atoms. The molecule has 4 nitrogen and oxygen atoms in total. The standard InChI is InChI=1S/C13H14O4/c1-3-16-13(15)12(14)11-7-9-6-8(2)4-5-10(9)17-11/h4-7,12,14H,3H2,1-2H3. The monoisotopic (exact) mass is 234 g/mol. The smallest absolute Gasteiger partial charge is 0.342 e. The first-order valence-corrected chi connectivity index (χ1v) is 5.46. The van der Waals surface area contributed by atoms with Crippen LogP contribution in [0.25, 0.3) is 11.0 Å². The Labute approximate surface area is 98.8 Å². The quantitative estimate of drug-likeness (QED) is 0.828. The van der Waals surface area contributed by atoms with Crippen LogP contribution in [0, 0.1) is 6.92 Å². The highest BCUT2D eigenvalue weighted by atomic mass is 16.5. The summed E-state index contributed by atoms with van der Waals surface area (Å²) in [5, 5.41) is 10.6. The number of hydrogen-bond acceptors (Lipinski definition) is 4. The number of aliphatic hydroxyl groups is 1. The normalized spacial score (nSPS) is 12.6. The van der Waals surface area contributed by atoms with Crippen LogP contribution in [0.1, 0.15) is 24.4 Å². The molecule has 2 aromatic rings. The largest absolute Gasteiger partial charge is 0.464 e. The van der Waals surface area contributed by atoms with Gasteiger partial charge in [0.25, 0.3) is 0 Å². The number of aliphatic hydroxyl groups excluding tert-OH is 1. The summed E-state index contributed by atoms with van der Waals surface area (Å²) >= 11 is 0. The number of carbonyl (C=O) groups is 1. The predicted molar refractivity (Wildman–Crippen MR) is 62.5 cm³/mol. The molecule has 0 fully saturated rings. The minimum absolute atomic E-state index is 0.212. The molecule has 4 heteroatoms. The van der Waals surface area contributed by atoms with E-state index >= 15 is 0 Å². The minimum Gasteiger partial charge on any atom is -0.464 e. The van der Waals surface area contributed by atoms with Crippen molar-refractivity contribution in [3.05, 3.63) is 35.6 Å². The summed E-state index contributed by atoms with van der Waals surface area (Å²) < 4.78 is 10.1. The molecule has 0 saturated heterocycles. The van der Waals surface area contributed by atoms with Gasteiger partial charge in [0, 0.05) is 5.39 Å². The van der Waals surface area contributed by atoms with Crippen molar-refractivity contribution in [2.24, 2.45) is 0 Å². The number of fused-ring (bicyclic) bond motifs is 1. The fourth-order valence-corrected chi connectivity index (χ4v) is 1.66. The second-order valence-electron chi connectivity index (χ2n) is 3.84. The summed E-state index contributed by atoms with van der Waals surface area (Å²) in [5.74, 6) is -0.479. The highest BCUT2D eigenvalue weighted by Crippen LogP contribution is 2.25. The molecule has 1 heterocycles. The van der Waals surface area contributed by atoms with E-state index in [1.807, 2.05) is 25.1 Å². The first-order valence-electron chi connectivity index (χ1n) is 5.46. The van der Waals surface area contributed by atoms with Crippen molar-refractivity contribution in [2.45, 2.75) is 20.0 Å². The third kappa shape index (κ3) is 2.31. The van der Waals surface area contributed by atoms with Gasteiger partial charge in [0.15, 0.2) is 0 Å². The molecule has 2 rings (SSSR count). The fraction of sp³-hybridized carbons (Fsp3) is 0.308. The molecular weight excluding hydrogens is 220 g/mol. The number of ether oxygens (including phenoxy) is 1. The van der Waals surface area contributed by atoms with E-state index in [4.69, 9.17) is 9.15 Å². The Morgan fingerprint density at radius 3 is 2.94 bits per heavy atom. The van der Waals surface area contributed by atoms with Gasteiger partial charge in [0.1, 0.15) is 11.3 Å². The third-order valence-corrected chi connectivity index (χ3v) is 2.47. The maximum Gasteiger partial charge on any atom is 0.342 e. The van der Waals surface area contributed by atoms with Crippen molar-refractivity contribution in [3.63, 3.8) is 0 Å². The Balaban J connectivity index is 2.33. The number of hydrogen-bond donors (Lipinski definition) is 1. The van der Waals surface area contributed by atoms with Crippen LogP contribution in [-0.2, 0) is 9.53 Å². The maximum atomic E-state index is 11.4. The third-order valence-electron chi connectivity index (χ3n) is 2.47. The summed E-state index contributed by atoms with van der Waals surface area (Å²) in [6.45, 7) is 3.88. The van der Waals surface area contributed by atoms with Gasteiger partial charge in [0.05, 0.1) is 6.61 Å². The lowest BCUT2D eigenvalue weighted by Crippen LogP contribution is -2.14. The van der Waals surface area contributed by atoms with E-state index in [2.05, 4.69) is 0 Å². The molecule has 1 aromatic heterocycles. The average molecular weight is 234 g/mol. The van der Waals surface area contributed by atoms with Crippen LogP contribution in [0.3, 0.4) is 0 Å². The van der Waals surface area contributed by atoms with Crippen molar-refractivity contribution in [3.8, 4) is 0 Å². The molecule has 90 valence electrons. The van der Waals surface area contributed by atoms with Crippen LogP contribution < -0.4 is 0 Å². The van der Waals surface area contributed by atoms with Crippen molar-refractivity contribution >= 4 is 16.9 Å². The molecule has 1 unspecified atom stereocenters. The van der Waals surface area contributed by atoms with E-state index < -0.39 is 12.1 Å². The highest BCUT2D eigenvalue weighted by molar-refractivity contribution is 5.82. The molecule has 1 aromatic carbocycles. The lowest BCUT2D eigenvalue weighted by atomic mass is 10.2. The number of aryl methyl sites for hydroxylation is 1. The fourth-order valence-electron chi connectivity index (χ4n) is 1.66. The van der Waals surface area contributed by atoms with Crippen molar-refractivity contribution in [1.82, 2.24) is 0 Å². The van der Waals surface area contributed by atoms with Gasteiger partial charge in [-0.2, -0.15) is 0 Å². The van der Waals surface area contributed by atoms with Crippen molar-refractivity contribution in [1.29, 1.82) is 0 Å². The number of benzene rings is 1. The Bertz CT molecular complexity index is 541. The molecule has 0 aliphatic heterocycles. The molecule has 0 amide bonds. The zero-order chi connectivity index (χ0) is 12.4. The van der Waals surface area contributed by atoms with Gasteiger partial charge in [0.2, 0.25) is 6.10 Å². The van der Waals surface area contributed by atoms with E-state index in [1.54, 1.807) is 13.0 Å². The SMILES string of the molecule is CCOC(=O)C(O)c1cc2cc(C)ccc2o1. The number of esters is 1. The van der Waals surface area contributed by atoms with Gasteiger partial charge in [-0.05, 0) is 32.0 Å². The van der Waals surface area contributed by atoms with E-state index in [1.165, 1.54) is 0 Å². The second kappa shape index (κ2) is 4.59. The molecule has 0 aliphatic rings. The van der Waals surface area contributed by atoms with Crippen LogP contribution >= 0.6 is 0 Å². The topological polar surface area (TPSA) is 59.7 Å². The summed E-state index contributed by atoms with van der Waals surface area (Å²) in [5.41, 5.74) is 1.74. The van der Waals surface area contributed by atoms with Crippen LogP contribution in [-0.4, -0.2) is 17.7 Å². The lowest BCUT2D eigenvalue weighted by Gasteiger charge is -2.05. The lowest BCUT2D eigenvalue weighted by molar-refractivity contribution is -0.154. The van der Waals surface area contributed by atoms with Gasteiger partial charge in [-0.3, -0.25) is 0 Å². The molecule has 0 saturated carbocycles. The Kier molecular flexibility index (Phi) is 3.15. The average Bonchev–Trinajstić information content (AvgIpc) is 2.71. The molecule has 0 aliphatic carbocycles. The van der Waals surface area contributed by atoms with Gasteiger partial charge < -0.3 is 14.3 Å². The molecule has 1 atom stereocenters. The van der Waals surface area contributed by atoms with E-state index in [0.29, 0.717) is 5.58 Å². The van der Waals surface area contributed by atoms with E-state index in [9.17, 15) is 9.90 Å². The van der Waals surface area contributed by atoms with Crippen molar-refractivity contribution < 1.29 is 19.1 Å². The van der Waals surface area contributed by atoms with Gasteiger partial charge in [-0.1, -0.05) is 11.6 Å². The molecule has 0 radical (unpaired) electrons. The summed E-state index contributed by atoms with van der Waals surface area (Å²) in [6.07, 6.45) is -1.36. The van der Waals surface area contributed by atoms with Crippen LogP contribution in [0.5, 0.6) is 0 Å². The van der Waals surface area contributed by atoms with Crippen LogP contribution in [0.4, 0.5) is 0 Å². The second-order valence-corrected chi connectivity index (χ2v) is 3.84. The molecule has 0 bridgehead atoms. The van der Waals surface area contributed by atoms with Gasteiger partial charge >= 0.3 is 5.97 Å². The van der Waals surface area contributed by atoms with Gasteiger partial charge in [-0.25, -0.2) is 4.79 Å². The summed E-state index contributed by atoms with van der Waals surface area (Å²) in [4.78, 5) is 11.4. The Morgan fingerprint density at radius 1 is 1.47 bits per heavy atom. The zero-order valence-electron chi connectivity index (χ0n) is 9.77. The first-order chi connectivity index (χ1) is 8.11. The zero-order valence-corrected chi connectivity index (χ0v) is 9.77. The van der Waals surface area contributed by atoms with Crippen molar-refractivity contribution in [2.75, 3.05) is 6.61 Å². The summed E-state index contributed by atoms with van der Waals surface area (Å²) in [6, 6.07) is 7.31. The van der Waals surface area contributed by atoms with Gasteiger partial charge in [-0.15, -0.1) is 0 Å².